The molecule has 1 heterocycles. The third kappa shape index (κ3) is 5.04. The van der Waals surface area contributed by atoms with Crippen molar-refractivity contribution < 1.29 is 0 Å². The summed E-state index contributed by atoms with van der Waals surface area (Å²) in [5.74, 6) is 0. The van der Waals surface area contributed by atoms with Crippen molar-refractivity contribution in [1.82, 2.24) is 4.90 Å². The average Bonchev–Trinajstić information content (AvgIpc) is 2.89. The van der Waals surface area contributed by atoms with Crippen molar-refractivity contribution in [3.05, 3.63) is 12.3 Å². The molecule has 0 N–H and O–H groups in total. The van der Waals surface area contributed by atoms with E-state index in [1.54, 1.807) is 0 Å². The Morgan fingerprint density at radius 1 is 0.944 bits per heavy atom. The summed E-state index contributed by atoms with van der Waals surface area (Å²) in [6.07, 6.45) is 18.4. The van der Waals surface area contributed by atoms with Gasteiger partial charge in [0.1, 0.15) is 0 Å². The molecule has 18 heavy (non-hydrogen) atoms. The van der Waals surface area contributed by atoms with E-state index in [9.17, 15) is 0 Å². The Bertz CT molecular complexity index is 234. The van der Waals surface area contributed by atoms with Crippen LogP contribution in [0.3, 0.4) is 0 Å². The van der Waals surface area contributed by atoms with Gasteiger partial charge in [0, 0.05) is 12.1 Å². The molecule has 106 valence electrons. The first kappa shape index (κ1) is 15.6. The van der Waals surface area contributed by atoms with Crippen molar-refractivity contribution in [3.8, 4) is 0 Å². The fraction of sp³-hybridized carbons (Fsp3) is 0.882. The summed E-state index contributed by atoms with van der Waals surface area (Å²) >= 11 is 0. The van der Waals surface area contributed by atoms with Gasteiger partial charge in [0.15, 0.2) is 0 Å². The van der Waals surface area contributed by atoms with Gasteiger partial charge in [-0.25, -0.2) is 0 Å². The summed E-state index contributed by atoms with van der Waals surface area (Å²) in [6.45, 7) is 8.33. The minimum absolute atomic E-state index is 0.426. The summed E-state index contributed by atoms with van der Waals surface area (Å²) in [5, 5.41) is 0. The van der Waals surface area contributed by atoms with Crippen LogP contribution in [-0.4, -0.2) is 17.0 Å². The second-order valence-electron chi connectivity index (χ2n) is 6.13. The van der Waals surface area contributed by atoms with Crippen LogP contribution in [0, 0.1) is 0 Å². The van der Waals surface area contributed by atoms with E-state index in [2.05, 4.69) is 37.9 Å². The van der Waals surface area contributed by atoms with E-state index in [1.807, 2.05) is 0 Å². The van der Waals surface area contributed by atoms with Crippen LogP contribution in [0.1, 0.15) is 85.0 Å². The molecule has 1 aliphatic heterocycles. The highest BCUT2D eigenvalue weighted by atomic mass is 15.2. The maximum atomic E-state index is 2.62. The lowest BCUT2D eigenvalue weighted by Gasteiger charge is -2.40. The number of unbranched alkanes of at least 4 members (excludes halogenated alkanes) is 5. The van der Waals surface area contributed by atoms with Gasteiger partial charge in [0.25, 0.3) is 0 Å². The fourth-order valence-corrected chi connectivity index (χ4v) is 3.04. The van der Waals surface area contributed by atoms with E-state index in [0.717, 1.165) is 0 Å². The highest BCUT2D eigenvalue weighted by molar-refractivity contribution is 5.00. The van der Waals surface area contributed by atoms with Gasteiger partial charge in [-0.2, -0.15) is 0 Å². The number of nitrogens with zero attached hydrogens (tertiary/aromatic N) is 1. The van der Waals surface area contributed by atoms with Crippen LogP contribution in [0.5, 0.6) is 0 Å². The van der Waals surface area contributed by atoms with Crippen molar-refractivity contribution in [1.29, 1.82) is 0 Å². The normalized spacial score (nSPS) is 18.3. The van der Waals surface area contributed by atoms with Crippen LogP contribution in [0.25, 0.3) is 0 Å². The molecule has 0 aromatic carbocycles. The molecule has 0 spiro atoms. The summed E-state index contributed by atoms with van der Waals surface area (Å²) in [7, 11) is 0. The highest BCUT2D eigenvalue weighted by Gasteiger charge is 2.29. The Hall–Kier alpha value is -0.460. The summed E-state index contributed by atoms with van der Waals surface area (Å²) in [5.41, 5.74) is 0.426. The van der Waals surface area contributed by atoms with Gasteiger partial charge in [-0.05, 0) is 32.4 Å². The molecule has 0 saturated carbocycles. The smallest absolute Gasteiger partial charge is 0.0368 e. The standard InChI is InChI=1S/C17H33N/c1-4-6-8-10-14-17(3,13-9-7-5-2)18-15-11-12-16-18/h11,15H,4-10,12-14,16H2,1-3H3. The Labute approximate surface area is 115 Å². The third-order valence-corrected chi connectivity index (χ3v) is 4.40. The molecule has 1 atom stereocenters. The second kappa shape index (κ2) is 8.61. The van der Waals surface area contributed by atoms with Crippen LogP contribution in [-0.2, 0) is 0 Å². The molecule has 0 radical (unpaired) electrons. The van der Waals surface area contributed by atoms with Crippen molar-refractivity contribution >= 4 is 0 Å². The highest BCUT2D eigenvalue weighted by Crippen LogP contribution is 2.31. The first-order valence-electron chi connectivity index (χ1n) is 8.16. The van der Waals surface area contributed by atoms with Crippen LogP contribution in [0.2, 0.25) is 0 Å². The molecule has 0 saturated heterocycles. The van der Waals surface area contributed by atoms with E-state index in [4.69, 9.17) is 0 Å². The molecule has 0 aliphatic carbocycles. The molecule has 1 unspecified atom stereocenters. The minimum atomic E-state index is 0.426. The van der Waals surface area contributed by atoms with E-state index in [-0.39, 0.29) is 0 Å². The monoisotopic (exact) mass is 251 g/mol. The van der Waals surface area contributed by atoms with Crippen molar-refractivity contribution in [3.63, 3.8) is 0 Å². The fourth-order valence-electron chi connectivity index (χ4n) is 3.04. The number of hydrogen-bond acceptors (Lipinski definition) is 1. The predicted octanol–water partition coefficient (Wildman–Crippen LogP) is 5.52. The largest absolute Gasteiger partial charge is 0.372 e. The topological polar surface area (TPSA) is 3.24 Å². The number of rotatable bonds is 10. The molecule has 1 rings (SSSR count). The van der Waals surface area contributed by atoms with Crippen molar-refractivity contribution in [2.24, 2.45) is 0 Å². The molecule has 1 nitrogen and oxygen atoms in total. The summed E-state index contributed by atoms with van der Waals surface area (Å²) < 4.78 is 0. The third-order valence-electron chi connectivity index (χ3n) is 4.40. The van der Waals surface area contributed by atoms with Gasteiger partial charge >= 0.3 is 0 Å². The van der Waals surface area contributed by atoms with Crippen LogP contribution in [0.15, 0.2) is 12.3 Å². The van der Waals surface area contributed by atoms with Gasteiger partial charge in [0.2, 0.25) is 0 Å². The van der Waals surface area contributed by atoms with Crippen LogP contribution >= 0.6 is 0 Å². The Morgan fingerprint density at radius 2 is 1.56 bits per heavy atom. The van der Waals surface area contributed by atoms with Gasteiger partial charge < -0.3 is 4.90 Å². The first-order chi connectivity index (χ1) is 8.73. The maximum Gasteiger partial charge on any atom is 0.0368 e. The van der Waals surface area contributed by atoms with Crippen LogP contribution in [0.4, 0.5) is 0 Å². The number of hydrogen-bond donors (Lipinski definition) is 0. The zero-order valence-electron chi connectivity index (χ0n) is 12.9. The van der Waals surface area contributed by atoms with E-state index in [0.29, 0.717) is 5.54 Å². The molecule has 1 aliphatic rings. The first-order valence-corrected chi connectivity index (χ1v) is 8.16. The Kier molecular flexibility index (Phi) is 7.46. The zero-order chi connectivity index (χ0) is 13.3. The summed E-state index contributed by atoms with van der Waals surface area (Å²) in [6, 6.07) is 0. The lowest BCUT2D eigenvalue weighted by molar-refractivity contribution is 0.143. The molecule has 0 amide bonds. The van der Waals surface area contributed by atoms with E-state index in [1.165, 1.54) is 70.8 Å². The summed E-state index contributed by atoms with van der Waals surface area (Å²) in [4.78, 5) is 2.62. The lowest BCUT2D eigenvalue weighted by atomic mass is 9.87. The molecule has 1 heteroatoms. The lowest BCUT2D eigenvalue weighted by Crippen LogP contribution is -2.42. The minimum Gasteiger partial charge on any atom is -0.372 e. The van der Waals surface area contributed by atoms with Crippen molar-refractivity contribution in [2.75, 3.05) is 6.54 Å². The van der Waals surface area contributed by atoms with E-state index < -0.39 is 0 Å². The quantitative estimate of drug-likeness (QED) is 0.462. The second-order valence-corrected chi connectivity index (χ2v) is 6.13. The predicted molar refractivity (Wildman–Crippen MR) is 81.8 cm³/mol. The van der Waals surface area contributed by atoms with Crippen molar-refractivity contribution in [2.45, 2.75) is 90.5 Å². The van der Waals surface area contributed by atoms with Gasteiger partial charge in [0.05, 0.1) is 0 Å². The van der Waals surface area contributed by atoms with E-state index >= 15 is 0 Å². The molecule has 0 aromatic rings. The molecular weight excluding hydrogens is 218 g/mol. The van der Waals surface area contributed by atoms with Gasteiger partial charge in [-0.3, -0.25) is 0 Å². The Balaban J connectivity index is 2.41. The van der Waals surface area contributed by atoms with Crippen LogP contribution < -0.4 is 0 Å². The Morgan fingerprint density at radius 3 is 2.11 bits per heavy atom. The zero-order valence-corrected chi connectivity index (χ0v) is 12.9. The van der Waals surface area contributed by atoms with Gasteiger partial charge in [-0.15, -0.1) is 0 Å². The average molecular weight is 251 g/mol. The molecule has 0 fully saturated rings. The molecule has 0 aromatic heterocycles. The molecule has 0 bridgehead atoms. The SMILES string of the molecule is CCCCCCC(C)(CCCCC)N1C=CCC1. The maximum absolute atomic E-state index is 2.62. The molecular formula is C17H33N. The van der Waals surface area contributed by atoms with Gasteiger partial charge in [-0.1, -0.05) is 64.9 Å².